The van der Waals surface area contributed by atoms with Gasteiger partial charge in [0.05, 0.1) is 17.1 Å². The second-order valence-electron chi connectivity index (χ2n) is 3.81. The fourth-order valence-corrected chi connectivity index (χ4v) is 2.08. The molecular formula is C12H12N4. The van der Waals surface area contributed by atoms with Crippen molar-refractivity contribution in [2.75, 3.05) is 13.6 Å². The minimum absolute atomic E-state index is 0.824. The molecule has 4 heteroatoms. The lowest BCUT2D eigenvalue weighted by Gasteiger charge is -2.21. The molecule has 3 heterocycles. The van der Waals surface area contributed by atoms with Gasteiger partial charge in [-0.3, -0.25) is 0 Å². The number of fused-ring (bicyclic) bond motifs is 1. The van der Waals surface area contributed by atoms with Gasteiger partial charge in [-0.2, -0.15) is 0 Å². The number of hydrogen-bond donors (Lipinski definition) is 1. The average Bonchev–Trinajstić information content (AvgIpc) is 2.75. The highest BCUT2D eigenvalue weighted by atomic mass is 15.1. The third-order valence-corrected chi connectivity index (χ3v) is 2.81. The first-order valence-corrected chi connectivity index (χ1v) is 5.21. The number of hydrogen-bond acceptors (Lipinski definition) is 4. The van der Waals surface area contributed by atoms with Crippen LogP contribution in [0.1, 0.15) is 5.69 Å². The van der Waals surface area contributed by atoms with Crippen LogP contribution in [-0.2, 0) is 0 Å². The standard InChI is InChI=1S/C12H12N4/c1-16-6-2-3-11-12(16)9(7-14-11)10-4-5-13-8-15-10/h2-6,8,14H,7H2,1H3. The molecule has 0 spiro atoms. The van der Waals surface area contributed by atoms with Crippen LogP contribution in [0.2, 0.25) is 0 Å². The molecule has 80 valence electrons. The van der Waals surface area contributed by atoms with Crippen molar-refractivity contribution in [1.82, 2.24) is 20.2 Å². The third kappa shape index (κ3) is 1.31. The summed E-state index contributed by atoms with van der Waals surface area (Å²) in [6.45, 7) is 0.824. The molecule has 0 saturated heterocycles. The van der Waals surface area contributed by atoms with E-state index in [1.54, 1.807) is 12.5 Å². The fourth-order valence-electron chi connectivity index (χ4n) is 2.08. The van der Waals surface area contributed by atoms with E-state index in [0.29, 0.717) is 0 Å². The first kappa shape index (κ1) is 9.15. The molecule has 1 aromatic rings. The van der Waals surface area contributed by atoms with E-state index in [0.717, 1.165) is 12.2 Å². The van der Waals surface area contributed by atoms with E-state index in [4.69, 9.17) is 0 Å². The maximum absolute atomic E-state index is 4.30. The van der Waals surface area contributed by atoms with Crippen LogP contribution in [-0.4, -0.2) is 28.5 Å². The lowest BCUT2D eigenvalue weighted by molar-refractivity contribution is 0.574. The van der Waals surface area contributed by atoms with Gasteiger partial charge in [0.1, 0.15) is 6.33 Å². The Morgan fingerprint density at radius 1 is 1.44 bits per heavy atom. The highest BCUT2D eigenvalue weighted by molar-refractivity contribution is 5.75. The van der Waals surface area contributed by atoms with E-state index in [-0.39, 0.29) is 0 Å². The minimum Gasteiger partial charge on any atom is -0.379 e. The van der Waals surface area contributed by atoms with Crippen molar-refractivity contribution in [1.29, 1.82) is 0 Å². The van der Waals surface area contributed by atoms with Crippen molar-refractivity contribution in [3.8, 4) is 0 Å². The highest BCUT2D eigenvalue weighted by Crippen LogP contribution is 2.30. The molecule has 0 aliphatic carbocycles. The molecule has 0 bridgehead atoms. The van der Waals surface area contributed by atoms with Crippen LogP contribution in [0, 0.1) is 0 Å². The van der Waals surface area contributed by atoms with Crippen molar-refractivity contribution in [3.63, 3.8) is 0 Å². The van der Waals surface area contributed by atoms with Gasteiger partial charge in [-0.25, -0.2) is 9.97 Å². The Morgan fingerprint density at radius 2 is 2.38 bits per heavy atom. The Bertz CT molecular complexity index is 499. The predicted molar refractivity (Wildman–Crippen MR) is 61.9 cm³/mol. The van der Waals surface area contributed by atoms with Crippen molar-refractivity contribution in [3.05, 3.63) is 54.0 Å². The largest absolute Gasteiger partial charge is 0.379 e. The Balaban J connectivity index is 2.12. The number of aromatic nitrogens is 2. The molecule has 0 radical (unpaired) electrons. The molecule has 4 nitrogen and oxygen atoms in total. The van der Waals surface area contributed by atoms with Gasteiger partial charge in [0.2, 0.25) is 0 Å². The monoisotopic (exact) mass is 212 g/mol. The van der Waals surface area contributed by atoms with E-state index < -0.39 is 0 Å². The number of allylic oxidation sites excluding steroid dienone is 2. The molecule has 0 atom stereocenters. The van der Waals surface area contributed by atoms with Gasteiger partial charge in [-0.05, 0) is 18.2 Å². The fraction of sp³-hybridized carbons (Fsp3) is 0.167. The van der Waals surface area contributed by atoms with E-state index in [1.807, 2.05) is 25.4 Å². The number of likely N-dealkylation sites (N-methyl/N-ethyl adjacent to an activating group) is 1. The summed E-state index contributed by atoms with van der Waals surface area (Å²) in [5.74, 6) is 0. The van der Waals surface area contributed by atoms with Crippen LogP contribution in [0.3, 0.4) is 0 Å². The second kappa shape index (κ2) is 3.48. The summed E-state index contributed by atoms with van der Waals surface area (Å²) in [5.41, 5.74) is 4.59. The smallest absolute Gasteiger partial charge is 0.116 e. The van der Waals surface area contributed by atoms with Crippen LogP contribution in [0.5, 0.6) is 0 Å². The summed E-state index contributed by atoms with van der Waals surface area (Å²) >= 11 is 0. The molecular weight excluding hydrogens is 200 g/mol. The van der Waals surface area contributed by atoms with Gasteiger partial charge in [0.25, 0.3) is 0 Å². The maximum Gasteiger partial charge on any atom is 0.116 e. The Hall–Kier alpha value is -2.10. The quantitative estimate of drug-likeness (QED) is 0.757. The van der Waals surface area contributed by atoms with E-state index in [1.165, 1.54) is 17.0 Å². The van der Waals surface area contributed by atoms with Gasteiger partial charge in [0.15, 0.2) is 0 Å². The van der Waals surface area contributed by atoms with Crippen LogP contribution in [0.15, 0.2) is 48.3 Å². The van der Waals surface area contributed by atoms with Gasteiger partial charge in [-0.15, -0.1) is 0 Å². The van der Waals surface area contributed by atoms with Gasteiger partial charge in [0, 0.05) is 31.6 Å². The zero-order chi connectivity index (χ0) is 11.0. The lowest BCUT2D eigenvalue weighted by Crippen LogP contribution is -2.17. The van der Waals surface area contributed by atoms with E-state index in [2.05, 4.69) is 26.3 Å². The topological polar surface area (TPSA) is 41.0 Å². The van der Waals surface area contributed by atoms with Crippen LogP contribution >= 0.6 is 0 Å². The van der Waals surface area contributed by atoms with Gasteiger partial charge in [-0.1, -0.05) is 0 Å². The Labute approximate surface area is 94.0 Å². The zero-order valence-electron chi connectivity index (χ0n) is 9.01. The summed E-state index contributed by atoms with van der Waals surface area (Å²) < 4.78 is 0. The van der Waals surface area contributed by atoms with Crippen molar-refractivity contribution in [2.24, 2.45) is 0 Å². The van der Waals surface area contributed by atoms with Crippen molar-refractivity contribution < 1.29 is 0 Å². The molecule has 0 aromatic carbocycles. The van der Waals surface area contributed by atoms with E-state index in [9.17, 15) is 0 Å². The maximum atomic E-state index is 4.30. The zero-order valence-corrected chi connectivity index (χ0v) is 9.01. The molecule has 2 aliphatic rings. The Morgan fingerprint density at radius 3 is 3.19 bits per heavy atom. The first-order valence-electron chi connectivity index (χ1n) is 5.21. The molecule has 16 heavy (non-hydrogen) atoms. The van der Waals surface area contributed by atoms with Crippen LogP contribution in [0.4, 0.5) is 0 Å². The number of nitrogens with one attached hydrogen (secondary N) is 1. The predicted octanol–water partition coefficient (Wildman–Crippen LogP) is 1.13. The number of nitrogens with zero attached hydrogens (tertiary/aromatic N) is 3. The summed E-state index contributed by atoms with van der Waals surface area (Å²) in [7, 11) is 2.05. The third-order valence-electron chi connectivity index (χ3n) is 2.81. The highest BCUT2D eigenvalue weighted by Gasteiger charge is 2.24. The minimum atomic E-state index is 0.824. The van der Waals surface area contributed by atoms with Crippen molar-refractivity contribution >= 4 is 5.57 Å². The van der Waals surface area contributed by atoms with Gasteiger partial charge >= 0.3 is 0 Å². The van der Waals surface area contributed by atoms with Crippen LogP contribution < -0.4 is 5.32 Å². The molecule has 0 fully saturated rings. The second-order valence-corrected chi connectivity index (χ2v) is 3.81. The average molecular weight is 212 g/mol. The number of rotatable bonds is 1. The molecule has 1 N–H and O–H groups in total. The Kier molecular flexibility index (Phi) is 1.99. The SMILES string of the molecule is CN1C=CC=C2NCC(c3ccncn3)=C21. The molecule has 3 rings (SSSR count). The molecule has 2 aliphatic heterocycles. The van der Waals surface area contributed by atoms with Crippen LogP contribution in [0.25, 0.3) is 5.57 Å². The summed E-state index contributed by atoms with van der Waals surface area (Å²) in [5, 5.41) is 3.37. The molecule has 0 saturated carbocycles. The summed E-state index contributed by atoms with van der Waals surface area (Å²) in [4.78, 5) is 10.4. The molecule has 0 unspecified atom stereocenters. The lowest BCUT2D eigenvalue weighted by atomic mass is 10.1. The summed E-state index contributed by atoms with van der Waals surface area (Å²) in [6, 6.07) is 1.94. The van der Waals surface area contributed by atoms with Gasteiger partial charge < -0.3 is 10.2 Å². The molecule has 1 aromatic heterocycles. The summed E-state index contributed by atoms with van der Waals surface area (Å²) in [6.07, 6.45) is 9.53. The normalized spacial score (nSPS) is 18.3. The molecule has 0 amide bonds. The first-order chi connectivity index (χ1) is 7.86. The van der Waals surface area contributed by atoms with E-state index >= 15 is 0 Å². The van der Waals surface area contributed by atoms with Crippen molar-refractivity contribution in [2.45, 2.75) is 0 Å².